The molecule has 6 nitrogen and oxygen atoms in total. The predicted molar refractivity (Wildman–Crippen MR) is 92.8 cm³/mol. The molecule has 2 aromatic carbocycles. The molecule has 0 atom stereocenters. The van der Waals surface area contributed by atoms with Crippen molar-refractivity contribution in [2.24, 2.45) is 0 Å². The number of carbonyl (C=O) groups is 1. The summed E-state index contributed by atoms with van der Waals surface area (Å²) in [6.45, 7) is 0. The third kappa shape index (κ3) is 3.19. The van der Waals surface area contributed by atoms with Crippen LogP contribution in [-0.4, -0.2) is 32.3 Å². The second-order valence-corrected chi connectivity index (χ2v) is 5.13. The summed E-state index contributed by atoms with van der Waals surface area (Å²) in [4.78, 5) is 16.9. The quantitative estimate of drug-likeness (QED) is 0.524. The van der Waals surface area contributed by atoms with Gasteiger partial charge in [0.2, 0.25) is 5.75 Å². The summed E-state index contributed by atoms with van der Waals surface area (Å²) in [7, 11) is 4.47. The Morgan fingerprint density at radius 1 is 0.880 bits per heavy atom. The summed E-state index contributed by atoms with van der Waals surface area (Å²) >= 11 is 0. The van der Waals surface area contributed by atoms with Gasteiger partial charge in [-0.1, -0.05) is 18.2 Å². The van der Waals surface area contributed by atoms with E-state index >= 15 is 0 Å². The van der Waals surface area contributed by atoms with E-state index in [2.05, 4.69) is 4.98 Å². The first kappa shape index (κ1) is 16.6. The van der Waals surface area contributed by atoms with Crippen molar-refractivity contribution in [3.63, 3.8) is 0 Å². The number of aromatic nitrogens is 1. The fraction of sp³-hybridized carbons (Fsp3) is 0.158. The van der Waals surface area contributed by atoms with Crippen LogP contribution in [0, 0.1) is 0 Å². The SMILES string of the molecule is COc1cc(C(=O)Oc2cccc3cccnc23)cc(OC)c1OC. The molecule has 1 heterocycles. The standard InChI is InChI=1S/C19H17NO5/c1-22-15-10-13(11-16(23-2)18(15)24-3)19(21)25-14-8-4-6-12-7-5-9-20-17(12)14/h4-11H,1-3H3. The third-order valence-electron chi connectivity index (χ3n) is 3.70. The molecule has 0 aliphatic carbocycles. The Balaban J connectivity index is 1.98. The van der Waals surface area contributed by atoms with E-state index in [1.807, 2.05) is 24.3 Å². The predicted octanol–water partition coefficient (Wildman–Crippen LogP) is 3.48. The van der Waals surface area contributed by atoms with Crippen molar-refractivity contribution >= 4 is 16.9 Å². The van der Waals surface area contributed by atoms with Crippen LogP contribution in [0.1, 0.15) is 10.4 Å². The van der Waals surface area contributed by atoms with Crippen molar-refractivity contribution < 1.29 is 23.7 Å². The van der Waals surface area contributed by atoms with Crippen molar-refractivity contribution in [1.29, 1.82) is 0 Å². The normalized spacial score (nSPS) is 10.4. The van der Waals surface area contributed by atoms with Crippen LogP contribution in [0.4, 0.5) is 0 Å². The number of benzene rings is 2. The zero-order valence-electron chi connectivity index (χ0n) is 14.1. The lowest BCUT2D eigenvalue weighted by molar-refractivity contribution is 0.0736. The minimum Gasteiger partial charge on any atom is -0.493 e. The van der Waals surface area contributed by atoms with Gasteiger partial charge in [0.1, 0.15) is 5.52 Å². The molecule has 0 aliphatic rings. The van der Waals surface area contributed by atoms with Crippen molar-refractivity contribution in [3.8, 4) is 23.0 Å². The number of esters is 1. The van der Waals surface area contributed by atoms with E-state index in [-0.39, 0.29) is 5.56 Å². The molecule has 0 saturated heterocycles. The number of rotatable bonds is 5. The van der Waals surface area contributed by atoms with Crippen LogP contribution >= 0.6 is 0 Å². The van der Waals surface area contributed by atoms with Gasteiger partial charge in [-0.2, -0.15) is 0 Å². The molecule has 6 heteroatoms. The summed E-state index contributed by atoms with van der Waals surface area (Å²) in [6, 6.07) is 12.2. The van der Waals surface area contributed by atoms with Crippen LogP contribution in [-0.2, 0) is 0 Å². The Kier molecular flexibility index (Phi) is 4.70. The van der Waals surface area contributed by atoms with Crippen molar-refractivity contribution in [3.05, 3.63) is 54.2 Å². The maximum absolute atomic E-state index is 12.6. The van der Waals surface area contributed by atoms with Gasteiger partial charge >= 0.3 is 5.97 Å². The highest BCUT2D eigenvalue weighted by atomic mass is 16.5. The minimum absolute atomic E-state index is 0.280. The molecule has 0 fully saturated rings. The number of hydrogen-bond donors (Lipinski definition) is 0. The first-order chi connectivity index (χ1) is 12.2. The van der Waals surface area contributed by atoms with Crippen molar-refractivity contribution in [1.82, 2.24) is 4.98 Å². The highest BCUT2D eigenvalue weighted by Gasteiger charge is 2.19. The minimum atomic E-state index is -0.544. The number of ether oxygens (including phenoxy) is 4. The maximum atomic E-state index is 12.6. The molecule has 0 spiro atoms. The average Bonchev–Trinajstić information content (AvgIpc) is 2.66. The lowest BCUT2D eigenvalue weighted by Crippen LogP contribution is -2.10. The first-order valence-corrected chi connectivity index (χ1v) is 7.54. The second-order valence-electron chi connectivity index (χ2n) is 5.13. The zero-order valence-corrected chi connectivity index (χ0v) is 14.1. The summed E-state index contributed by atoms with van der Waals surface area (Å²) in [5.41, 5.74) is 0.897. The van der Waals surface area contributed by atoms with Crippen LogP contribution in [0.2, 0.25) is 0 Å². The third-order valence-corrected chi connectivity index (χ3v) is 3.70. The summed E-state index contributed by atoms with van der Waals surface area (Å²) in [6.07, 6.45) is 1.65. The monoisotopic (exact) mass is 339 g/mol. The van der Waals surface area contributed by atoms with Gasteiger partial charge in [0, 0.05) is 11.6 Å². The van der Waals surface area contributed by atoms with Gasteiger partial charge in [0.05, 0.1) is 26.9 Å². The van der Waals surface area contributed by atoms with Crippen LogP contribution in [0.5, 0.6) is 23.0 Å². The highest BCUT2D eigenvalue weighted by molar-refractivity contribution is 5.95. The fourth-order valence-corrected chi connectivity index (χ4v) is 2.52. The highest BCUT2D eigenvalue weighted by Crippen LogP contribution is 2.38. The molecule has 3 rings (SSSR count). The molecule has 3 aromatic rings. The number of methoxy groups -OCH3 is 3. The fourth-order valence-electron chi connectivity index (χ4n) is 2.52. The number of carbonyl (C=O) groups excluding carboxylic acids is 1. The van der Waals surface area contributed by atoms with Crippen LogP contribution in [0.3, 0.4) is 0 Å². The molecule has 25 heavy (non-hydrogen) atoms. The van der Waals surface area contributed by atoms with E-state index in [1.54, 1.807) is 24.4 Å². The lowest BCUT2D eigenvalue weighted by Gasteiger charge is -2.14. The molecule has 0 bridgehead atoms. The van der Waals surface area contributed by atoms with E-state index in [4.69, 9.17) is 18.9 Å². The Hall–Kier alpha value is -3.28. The topological polar surface area (TPSA) is 66.9 Å². The van der Waals surface area contributed by atoms with Crippen LogP contribution in [0.15, 0.2) is 48.7 Å². The lowest BCUT2D eigenvalue weighted by atomic mass is 10.1. The molecule has 128 valence electrons. The Morgan fingerprint density at radius 2 is 1.56 bits per heavy atom. The molecular formula is C19H17NO5. The largest absolute Gasteiger partial charge is 0.493 e. The molecule has 0 aliphatic heterocycles. The summed E-state index contributed by atoms with van der Waals surface area (Å²) < 4.78 is 21.3. The van der Waals surface area contributed by atoms with Gasteiger partial charge in [-0.05, 0) is 24.3 Å². The van der Waals surface area contributed by atoms with E-state index in [0.29, 0.717) is 28.5 Å². The number of para-hydroxylation sites is 1. The average molecular weight is 339 g/mol. The number of nitrogens with zero attached hydrogens (tertiary/aromatic N) is 1. The zero-order chi connectivity index (χ0) is 17.8. The van der Waals surface area contributed by atoms with E-state index in [1.165, 1.54) is 21.3 Å². The Bertz CT molecular complexity index is 892. The Morgan fingerprint density at radius 3 is 2.20 bits per heavy atom. The first-order valence-electron chi connectivity index (χ1n) is 7.54. The number of fused-ring (bicyclic) bond motifs is 1. The van der Waals surface area contributed by atoms with Gasteiger partial charge in [0.15, 0.2) is 17.2 Å². The van der Waals surface area contributed by atoms with Gasteiger partial charge < -0.3 is 18.9 Å². The van der Waals surface area contributed by atoms with Crippen molar-refractivity contribution in [2.45, 2.75) is 0 Å². The molecule has 0 N–H and O–H groups in total. The molecule has 1 aromatic heterocycles. The van der Waals surface area contributed by atoms with E-state index < -0.39 is 5.97 Å². The maximum Gasteiger partial charge on any atom is 0.343 e. The Labute approximate surface area is 144 Å². The molecule has 0 saturated carbocycles. The van der Waals surface area contributed by atoms with Crippen LogP contribution in [0.25, 0.3) is 10.9 Å². The smallest absolute Gasteiger partial charge is 0.343 e. The summed E-state index contributed by atoms with van der Waals surface area (Å²) in [5.74, 6) is 1.01. The second kappa shape index (κ2) is 7.09. The van der Waals surface area contributed by atoms with E-state index in [9.17, 15) is 4.79 Å². The van der Waals surface area contributed by atoms with E-state index in [0.717, 1.165) is 5.39 Å². The molecular weight excluding hydrogens is 322 g/mol. The van der Waals surface area contributed by atoms with Gasteiger partial charge in [-0.25, -0.2) is 4.79 Å². The van der Waals surface area contributed by atoms with Crippen molar-refractivity contribution in [2.75, 3.05) is 21.3 Å². The van der Waals surface area contributed by atoms with Gasteiger partial charge in [-0.3, -0.25) is 4.98 Å². The number of pyridine rings is 1. The molecule has 0 radical (unpaired) electrons. The summed E-state index contributed by atoms with van der Waals surface area (Å²) in [5, 5.41) is 0.887. The van der Waals surface area contributed by atoms with Gasteiger partial charge in [-0.15, -0.1) is 0 Å². The molecule has 0 amide bonds. The van der Waals surface area contributed by atoms with Gasteiger partial charge in [0.25, 0.3) is 0 Å². The number of hydrogen-bond acceptors (Lipinski definition) is 6. The van der Waals surface area contributed by atoms with Crippen LogP contribution < -0.4 is 18.9 Å². The molecule has 0 unspecified atom stereocenters.